The zero-order valence-corrected chi connectivity index (χ0v) is 7.98. The molecule has 1 nitrogen and oxygen atoms in total. The van der Waals surface area contributed by atoms with Crippen LogP contribution in [0.2, 0.25) is 0 Å². The predicted molar refractivity (Wildman–Crippen MR) is 51.7 cm³/mol. The number of thiophene rings is 1. The van der Waals surface area contributed by atoms with Gasteiger partial charge in [0.25, 0.3) is 0 Å². The molecule has 1 heterocycles. The van der Waals surface area contributed by atoms with Gasteiger partial charge in [0.15, 0.2) is 0 Å². The molecule has 0 N–H and O–H groups in total. The summed E-state index contributed by atoms with van der Waals surface area (Å²) in [5.41, 5.74) is 2.39. The minimum atomic E-state index is 0.398. The lowest BCUT2D eigenvalue weighted by Gasteiger charge is -1.99. The first kappa shape index (κ1) is 8.47. The molecular formula is C9H13NS. The third kappa shape index (κ3) is 2.46. The lowest BCUT2D eigenvalue weighted by atomic mass is 10.2. The van der Waals surface area contributed by atoms with Crippen LogP contribution >= 0.6 is 11.3 Å². The average molecular weight is 167 g/mol. The fraction of sp³-hybridized carbons (Fsp3) is 0.444. The van der Waals surface area contributed by atoms with E-state index in [0.717, 1.165) is 5.71 Å². The molecule has 0 saturated carbocycles. The Morgan fingerprint density at radius 2 is 2.27 bits per heavy atom. The van der Waals surface area contributed by atoms with Crippen molar-refractivity contribution >= 4 is 17.0 Å². The van der Waals surface area contributed by atoms with Crippen LogP contribution in [-0.2, 0) is 0 Å². The Hall–Kier alpha value is -0.630. The zero-order valence-electron chi connectivity index (χ0n) is 7.16. The lowest BCUT2D eigenvalue weighted by Crippen LogP contribution is -1.98. The molecule has 0 aliphatic carbocycles. The Labute approximate surface area is 71.8 Å². The predicted octanol–water partition coefficient (Wildman–Crippen LogP) is 2.97. The summed E-state index contributed by atoms with van der Waals surface area (Å²) in [5.74, 6) is 0. The standard InChI is InChI=1S/C9H13NS/c1-7(2)10-8(3)9-4-5-11-6-9/h4-7H,1-3H3. The van der Waals surface area contributed by atoms with E-state index in [1.165, 1.54) is 5.56 Å². The Balaban J connectivity index is 2.77. The first-order valence-electron chi connectivity index (χ1n) is 3.77. The van der Waals surface area contributed by atoms with Gasteiger partial charge in [0, 0.05) is 17.3 Å². The molecule has 2 heteroatoms. The first-order valence-corrected chi connectivity index (χ1v) is 4.71. The number of aliphatic imine (C=N–C) groups is 1. The van der Waals surface area contributed by atoms with E-state index in [0.29, 0.717) is 6.04 Å². The highest BCUT2D eigenvalue weighted by molar-refractivity contribution is 7.08. The molecule has 1 aromatic heterocycles. The molecule has 0 spiro atoms. The molecule has 0 amide bonds. The Morgan fingerprint density at radius 1 is 1.55 bits per heavy atom. The van der Waals surface area contributed by atoms with Crippen LogP contribution in [-0.4, -0.2) is 11.8 Å². The molecule has 0 saturated heterocycles. The van der Waals surface area contributed by atoms with Gasteiger partial charge in [-0.15, -0.1) is 0 Å². The van der Waals surface area contributed by atoms with Crippen molar-refractivity contribution in [2.45, 2.75) is 26.8 Å². The molecule has 60 valence electrons. The molecule has 0 aliphatic rings. The summed E-state index contributed by atoms with van der Waals surface area (Å²) in [4.78, 5) is 4.44. The number of nitrogens with zero attached hydrogens (tertiary/aromatic N) is 1. The van der Waals surface area contributed by atoms with Crippen LogP contribution in [0, 0.1) is 0 Å². The van der Waals surface area contributed by atoms with Crippen LogP contribution in [0.3, 0.4) is 0 Å². The van der Waals surface area contributed by atoms with Gasteiger partial charge >= 0.3 is 0 Å². The highest BCUT2D eigenvalue weighted by Crippen LogP contribution is 2.07. The fourth-order valence-electron chi connectivity index (χ4n) is 0.932. The maximum Gasteiger partial charge on any atom is 0.0446 e. The summed E-state index contributed by atoms with van der Waals surface area (Å²) in [7, 11) is 0. The molecule has 11 heavy (non-hydrogen) atoms. The molecule has 0 aromatic carbocycles. The minimum absolute atomic E-state index is 0.398. The maximum absolute atomic E-state index is 4.44. The highest BCUT2D eigenvalue weighted by Gasteiger charge is 1.96. The number of hydrogen-bond acceptors (Lipinski definition) is 2. The van der Waals surface area contributed by atoms with Gasteiger partial charge in [-0.1, -0.05) is 0 Å². The molecule has 0 atom stereocenters. The van der Waals surface area contributed by atoms with Gasteiger partial charge < -0.3 is 0 Å². The SMILES string of the molecule is CC(=NC(C)C)c1ccsc1. The topological polar surface area (TPSA) is 12.4 Å². The van der Waals surface area contributed by atoms with E-state index in [1.807, 2.05) is 0 Å². The Bertz CT molecular complexity index is 234. The second-order valence-corrected chi connectivity index (χ2v) is 3.60. The molecule has 1 aromatic rings. The normalized spacial score (nSPS) is 12.5. The monoisotopic (exact) mass is 167 g/mol. The van der Waals surface area contributed by atoms with Crippen LogP contribution in [0.4, 0.5) is 0 Å². The maximum atomic E-state index is 4.44. The van der Waals surface area contributed by atoms with Gasteiger partial charge in [0.1, 0.15) is 0 Å². The zero-order chi connectivity index (χ0) is 8.27. The molecule has 0 aliphatic heterocycles. The highest BCUT2D eigenvalue weighted by atomic mass is 32.1. The molecular weight excluding hydrogens is 154 g/mol. The summed E-state index contributed by atoms with van der Waals surface area (Å²) in [6, 6.07) is 2.50. The average Bonchev–Trinajstić information content (AvgIpc) is 2.35. The van der Waals surface area contributed by atoms with Crippen LogP contribution in [0.15, 0.2) is 21.8 Å². The van der Waals surface area contributed by atoms with E-state index in [2.05, 4.69) is 42.6 Å². The van der Waals surface area contributed by atoms with Crippen molar-refractivity contribution in [1.29, 1.82) is 0 Å². The van der Waals surface area contributed by atoms with Gasteiger partial charge in [-0.25, -0.2) is 0 Å². The Kier molecular flexibility index (Phi) is 2.83. The van der Waals surface area contributed by atoms with E-state index < -0.39 is 0 Å². The smallest absolute Gasteiger partial charge is 0.0446 e. The van der Waals surface area contributed by atoms with Crippen molar-refractivity contribution < 1.29 is 0 Å². The molecule has 1 rings (SSSR count). The number of rotatable bonds is 2. The van der Waals surface area contributed by atoms with Crippen LogP contribution in [0.25, 0.3) is 0 Å². The number of hydrogen-bond donors (Lipinski definition) is 0. The first-order chi connectivity index (χ1) is 5.20. The summed E-state index contributed by atoms with van der Waals surface area (Å²) in [6.45, 7) is 6.24. The Morgan fingerprint density at radius 3 is 2.73 bits per heavy atom. The van der Waals surface area contributed by atoms with Gasteiger partial charge in [-0.2, -0.15) is 11.3 Å². The molecule has 0 fully saturated rings. The summed E-state index contributed by atoms with van der Waals surface area (Å²) in [5, 5.41) is 4.20. The third-order valence-corrected chi connectivity index (χ3v) is 2.07. The molecule has 0 unspecified atom stereocenters. The second kappa shape index (κ2) is 3.67. The van der Waals surface area contributed by atoms with Crippen molar-refractivity contribution in [2.24, 2.45) is 4.99 Å². The van der Waals surface area contributed by atoms with Gasteiger partial charge in [0.05, 0.1) is 0 Å². The van der Waals surface area contributed by atoms with E-state index in [1.54, 1.807) is 11.3 Å². The summed E-state index contributed by atoms with van der Waals surface area (Å²) < 4.78 is 0. The van der Waals surface area contributed by atoms with E-state index in [-0.39, 0.29) is 0 Å². The van der Waals surface area contributed by atoms with E-state index >= 15 is 0 Å². The van der Waals surface area contributed by atoms with Crippen LogP contribution in [0.1, 0.15) is 26.3 Å². The van der Waals surface area contributed by atoms with Crippen molar-refractivity contribution in [3.63, 3.8) is 0 Å². The van der Waals surface area contributed by atoms with Gasteiger partial charge in [0.2, 0.25) is 0 Å². The summed E-state index contributed by atoms with van der Waals surface area (Å²) in [6.07, 6.45) is 0. The summed E-state index contributed by atoms with van der Waals surface area (Å²) >= 11 is 1.71. The van der Waals surface area contributed by atoms with Gasteiger partial charge in [-0.3, -0.25) is 4.99 Å². The quantitative estimate of drug-likeness (QED) is 0.600. The minimum Gasteiger partial charge on any atom is -0.287 e. The van der Waals surface area contributed by atoms with Crippen molar-refractivity contribution in [1.82, 2.24) is 0 Å². The molecule has 0 radical (unpaired) electrons. The second-order valence-electron chi connectivity index (χ2n) is 2.82. The van der Waals surface area contributed by atoms with Crippen molar-refractivity contribution in [3.05, 3.63) is 22.4 Å². The fourth-order valence-corrected chi connectivity index (χ4v) is 1.63. The van der Waals surface area contributed by atoms with E-state index in [4.69, 9.17) is 0 Å². The lowest BCUT2D eigenvalue weighted by molar-refractivity contribution is 0.835. The van der Waals surface area contributed by atoms with Crippen LogP contribution in [0.5, 0.6) is 0 Å². The van der Waals surface area contributed by atoms with Crippen molar-refractivity contribution in [3.8, 4) is 0 Å². The molecule has 0 bridgehead atoms. The largest absolute Gasteiger partial charge is 0.287 e. The third-order valence-electron chi connectivity index (χ3n) is 1.39. The van der Waals surface area contributed by atoms with Gasteiger partial charge in [-0.05, 0) is 37.6 Å². The van der Waals surface area contributed by atoms with Crippen molar-refractivity contribution in [2.75, 3.05) is 0 Å². The van der Waals surface area contributed by atoms with Crippen LogP contribution < -0.4 is 0 Å². The van der Waals surface area contributed by atoms with E-state index in [9.17, 15) is 0 Å².